The molecule has 9 heteroatoms. The number of carbonyl (C=O) groups excluding carboxylic acids is 3. The van der Waals surface area contributed by atoms with Gasteiger partial charge in [0.25, 0.3) is 5.91 Å². The molecular weight excluding hydrogens is 448 g/mol. The first-order valence-corrected chi connectivity index (χ1v) is 12.3. The van der Waals surface area contributed by atoms with Crippen LogP contribution >= 0.6 is 0 Å². The number of nitrogens with one attached hydrogen (secondary N) is 1. The van der Waals surface area contributed by atoms with E-state index in [0.29, 0.717) is 0 Å². The molecule has 1 saturated carbocycles. The molecule has 4 rings (SSSR count). The van der Waals surface area contributed by atoms with Gasteiger partial charge in [0.05, 0.1) is 19.3 Å². The number of amides is 2. The van der Waals surface area contributed by atoms with E-state index in [1.54, 1.807) is 18.7 Å². The van der Waals surface area contributed by atoms with Crippen LogP contribution in [-0.2, 0) is 22.6 Å². The summed E-state index contributed by atoms with van der Waals surface area (Å²) in [5.74, 6) is -0.415. The molecule has 1 fully saturated rings. The number of fused-ring (bicyclic) bond motifs is 1. The second-order valence-electron chi connectivity index (χ2n) is 9.72. The summed E-state index contributed by atoms with van der Waals surface area (Å²) in [6.45, 7) is 7.97. The number of esters is 1. The quantitative estimate of drug-likeness (QED) is 0.579. The van der Waals surface area contributed by atoms with Gasteiger partial charge in [0.15, 0.2) is 5.69 Å². The molecule has 1 atom stereocenters. The van der Waals surface area contributed by atoms with Crippen LogP contribution in [-0.4, -0.2) is 56.8 Å². The maximum Gasteiger partial charge on any atom is 0.358 e. The first kappa shape index (κ1) is 24.8. The molecule has 2 aromatic rings. The average molecular weight is 483 g/mol. The van der Waals surface area contributed by atoms with E-state index in [1.807, 2.05) is 38.1 Å². The van der Waals surface area contributed by atoms with Crippen LogP contribution < -0.4 is 10.1 Å². The Kier molecular flexibility index (Phi) is 7.14. The number of carbonyl (C=O) groups is 3. The van der Waals surface area contributed by atoms with E-state index in [9.17, 15) is 14.4 Å². The third-order valence-electron chi connectivity index (χ3n) is 6.60. The highest BCUT2D eigenvalue weighted by molar-refractivity contribution is 6.01. The third kappa shape index (κ3) is 5.18. The van der Waals surface area contributed by atoms with E-state index in [-0.39, 0.29) is 55.0 Å². The fourth-order valence-electron chi connectivity index (χ4n) is 4.73. The van der Waals surface area contributed by atoms with Gasteiger partial charge in [0, 0.05) is 18.7 Å². The van der Waals surface area contributed by atoms with E-state index in [0.717, 1.165) is 37.0 Å². The van der Waals surface area contributed by atoms with Gasteiger partial charge >= 0.3 is 5.97 Å². The maximum absolute atomic E-state index is 13.7. The van der Waals surface area contributed by atoms with Gasteiger partial charge in [-0.1, -0.05) is 25.0 Å². The number of hydrogen-bond acceptors (Lipinski definition) is 6. The van der Waals surface area contributed by atoms with Crippen molar-refractivity contribution in [2.75, 3.05) is 6.61 Å². The summed E-state index contributed by atoms with van der Waals surface area (Å²) in [4.78, 5) is 41.1. The Balaban J connectivity index is 1.65. The second-order valence-corrected chi connectivity index (χ2v) is 9.72. The lowest BCUT2D eigenvalue weighted by molar-refractivity contribution is -0.134. The largest absolute Gasteiger partial charge is 0.491 e. The lowest BCUT2D eigenvalue weighted by atomic mass is 9.93. The van der Waals surface area contributed by atoms with E-state index >= 15 is 0 Å². The highest BCUT2D eigenvalue weighted by Gasteiger charge is 2.48. The summed E-state index contributed by atoms with van der Waals surface area (Å²) in [6.07, 6.45) is 4.10. The molecule has 188 valence electrons. The minimum atomic E-state index is -1.18. The Labute approximate surface area is 205 Å². The Bertz CT molecular complexity index is 1090. The number of ether oxygens (including phenoxy) is 2. The van der Waals surface area contributed by atoms with Crippen LogP contribution in [0.15, 0.2) is 30.3 Å². The van der Waals surface area contributed by atoms with Crippen molar-refractivity contribution in [2.24, 2.45) is 0 Å². The van der Waals surface area contributed by atoms with Gasteiger partial charge in [-0.25, -0.2) is 4.79 Å². The lowest BCUT2D eigenvalue weighted by Crippen LogP contribution is -2.64. The minimum Gasteiger partial charge on any atom is -0.491 e. The molecule has 1 aromatic heterocycles. The van der Waals surface area contributed by atoms with Gasteiger partial charge in [-0.2, -0.15) is 5.10 Å². The summed E-state index contributed by atoms with van der Waals surface area (Å²) in [7, 11) is 0. The highest BCUT2D eigenvalue weighted by atomic mass is 16.5. The predicted octanol–water partition coefficient (Wildman–Crippen LogP) is 3.32. The van der Waals surface area contributed by atoms with Crippen LogP contribution in [0.2, 0.25) is 0 Å². The summed E-state index contributed by atoms with van der Waals surface area (Å²) in [5.41, 5.74) is 0.00948. The summed E-state index contributed by atoms with van der Waals surface area (Å²) >= 11 is 0. The van der Waals surface area contributed by atoms with E-state index in [2.05, 4.69) is 10.4 Å². The fraction of sp³-hybridized carbons (Fsp3) is 0.538. The van der Waals surface area contributed by atoms with Crippen molar-refractivity contribution < 1.29 is 23.9 Å². The molecule has 0 spiro atoms. The van der Waals surface area contributed by atoms with E-state index < -0.39 is 11.5 Å². The van der Waals surface area contributed by atoms with Crippen LogP contribution in [0.25, 0.3) is 0 Å². The summed E-state index contributed by atoms with van der Waals surface area (Å²) in [5, 5.41) is 7.46. The van der Waals surface area contributed by atoms with Crippen molar-refractivity contribution >= 4 is 17.8 Å². The molecule has 1 aromatic carbocycles. The average Bonchev–Trinajstić information content (AvgIpc) is 3.47. The molecule has 0 saturated heterocycles. The van der Waals surface area contributed by atoms with E-state index in [4.69, 9.17) is 9.47 Å². The van der Waals surface area contributed by atoms with Crippen molar-refractivity contribution in [3.63, 3.8) is 0 Å². The molecule has 1 aliphatic carbocycles. The molecule has 35 heavy (non-hydrogen) atoms. The Hall–Kier alpha value is -3.36. The molecule has 2 amide bonds. The van der Waals surface area contributed by atoms with Crippen LogP contribution in [0, 0.1) is 0 Å². The van der Waals surface area contributed by atoms with Crippen molar-refractivity contribution in [3.8, 4) is 5.75 Å². The van der Waals surface area contributed by atoms with Gasteiger partial charge < -0.3 is 19.7 Å². The van der Waals surface area contributed by atoms with Crippen LogP contribution in [0.1, 0.15) is 79.9 Å². The van der Waals surface area contributed by atoms with Gasteiger partial charge in [-0.15, -0.1) is 0 Å². The molecular formula is C26H34N4O5. The highest BCUT2D eigenvalue weighted by Crippen LogP contribution is 2.31. The van der Waals surface area contributed by atoms with Crippen molar-refractivity contribution in [3.05, 3.63) is 47.3 Å². The number of rotatable bonds is 8. The molecule has 2 aliphatic rings. The van der Waals surface area contributed by atoms with Gasteiger partial charge in [-0.05, 0) is 58.2 Å². The van der Waals surface area contributed by atoms with Crippen LogP contribution in [0.4, 0.5) is 0 Å². The van der Waals surface area contributed by atoms with Gasteiger partial charge in [0.2, 0.25) is 5.91 Å². The molecule has 1 N–H and O–H groups in total. The molecule has 1 aliphatic heterocycles. The zero-order valence-electron chi connectivity index (χ0n) is 20.9. The van der Waals surface area contributed by atoms with Crippen molar-refractivity contribution in [1.29, 1.82) is 0 Å². The van der Waals surface area contributed by atoms with Crippen LogP contribution in [0.5, 0.6) is 5.75 Å². The van der Waals surface area contributed by atoms with Crippen molar-refractivity contribution in [1.82, 2.24) is 20.0 Å². The first-order valence-electron chi connectivity index (χ1n) is 12.3. The standard InChI is InChI=1S/C26H34N4O5/c1-5-34-24(32)21-14-22-23(31)29(15-18-10-12-20(13-11-18)35-17(2)3)26(4,16-30(22)28-21)25(33)27-19-8-6-7-9-19/h10-14,17,19H,5-9,15-16H2,1-4H3,(H,27,33)/t26-/m1/s1. The SMILES string of the molecule is CCOC(=O)c1cc2n(n1)C[C@](C)(C(=O)NC1CCCC1)N(Cc1ccc(OC(C)C)cc1)C2=O. The van der Waals surface area contributed by atoms with Gasteiger partial charge in [-0.3, -0.25) is 14.3 Å². The third-order valence-corrected chi connectivity index (χ3v) is 6.60. The Morgan fingerprint density at radius 2 is 1.89 bits per heavy atom. The molecule has 9 nitrogen and oxygen atoms in total. The molecule has 0 radical (unpaired) electrons. The Morgan fingerprint density at radius 3 is 2.51 bits per heavy atom. The first-order chi connectivity index (χ1) is 16.7. The summed E-state index contributed by atoms with van der Waals surface area (Å²) < 4.78 is 12.2. The number of aromatic nitrogens is 2. The number of benzene rings is 1. The molecule has 0 unspecified atom stereocenters. The zero-order chi connectivity index (χ0) is 25.2. The molecule has 2 heterocycles. The number of hydrogen-bond donors (Lipinski definition) is 1. The Morgan fingerprint density at radius 1 is 1.20 bits per heavy atom. The zero-order valence-corrected chi connectivity index (χ0v) is 20.9. The minimum absolute atomic E-state index is 0.0565. The monoisotopic (exact) mass is 482 g/mol. The fourth-order valence-corrected chi connectivity index (χ4v) is 4.73. The second kappa shape index (κ2) is 10.1. The van der Waals surface area contributed by atoms with E-state index in [1.165, 1.54) is 10.7 Å². The predicted molar refractivity (Wildman–Crippen MR) is 129 cm³/mol. The molecule has 0 bridgehead atoms. The number of nitrogens with zero attached hydrogens (tertiary/aromatic N) is 3. The topological polar surface area (TPSA) is 103 Å². The van der Waals surface area contributed by atoms with Crippen LogP contribution in [0.3, 0.4) is 0 Å². The summed E-state index contributed by atoms with van der Waals surface area (Å²) in [6, 6.07) is 9.08. The smallest absolute Gasteiger partial charge is 0.358 e. The van der Waals surface area contributed by atoms with Gasteiger partial charge in [0.1, 0.15) is 17.0 Å². The maximum atomic E-state index is 13.7. The van der Waals surface area contributed by atoms with Crippen molar-refractivity contribution in [2.45, 2.75) is 84.2 Å². The normalized spacial score (nSPS) is 20.1. The lowest BCUT2D eigenvalue weighted by Gasteiger charge is -2.43.